The number of aromatic carboxylic acids is 1. The fourth-order valence-electron chi connectivity index (χ4n) is 3.10. The maximum Gasteiger partial charge on any atom is 0.357 e. The monoisotopic (exact) mass is 482 g/mol. The molecule has 0 fully saturated rings. The van der Waals surface area contributed by atoms with E-state index >= 15 is 0 Å². The predicted molar refractivity (Wildman–Crippen MR) is 109 cm³/mol. The smallest absolute Gasteiger partial charge is 0.357 e. The number of sulfonamides is 1. The number of rotatable bonds is 7. The molecule has 1 aliphatic rings. The number of carboxylic acids is 1. The van der Waals surface area contributed by atoms with Gasteiger partial charge in [0.25, 0.3) is 21.8 Å². The van der Waals surface area contributed by atoms with Gasteiger partial charge in [0.15, 0.2) is 12.2 Å². The average Bonchev–Trinajstić information content (AvgIpc) is 3.36. The van der Waals surface area contributed by atoms with Crippen molar-refractivity contribution in [1.82, 2.24) is 9.55 Å². The number of halogens is 1. The standard InChI is InChI=1S/C18H16FN5O6S2/c19-12-7-11(32(28,29)22-17-16(18(26)27)20-10-31-17)1-2-13(12)21-14(25)8-24-4-3-23-5-6-30-9-15(23)24/h1-4,7,10,22H,5-6,8-9H2,(H-,21,25,26,27)/p+1. The molecule has 0 spiro atoms. The van der Waals surface area contributed by atoms with Gasteiger partial charge >= 0.3 is 5.97 Å². The van der Waals surface area contributed by atoms with E-state index < -0.39 is 38.3 Å². The van der Waals surface area contributed by atoms with Gasteiger partial charge in [0.1, 0.15) is 36.4 Å². The number of nitrogens with zero attached hydrogens (tertiary/aromatic N) is 3. The van der Waals surface area contributed by atoms with Crippen LogP contribution in [0.1, 0.15) is 16.3 Å². The van der Waals surface area contributed by atoms with Crippen molar-refractivity contribution in [3.05, 3.63) is 53.4 Å². The Kier molecular flexibility index (Phi) is 5.90. The molecule has 0 saturated heterocycles. The number of hydrogen-bond donors (Lipinski definition) is 3. The molecule has 0 unspecified atom stereocenters. The van der Waals surface area contributed by atoms with Crippen molar-refractivity contribution in [1.29, 1.82) is 0 Å². The summed E-state index contributed by atoms with van der Waals surface area (Å²) < 4.78 is 50.7. The average molecular weight is 482 g/mol. The minimum Gasteiger partial charge on any atom is -0.476 e. The number of benzene rings is 1. The fraction of sp³-hybridized carbons (Fsp3) is 0.222. The van der Waals surface area contributed by atoms with E-state index in [0.717, 1.165) is 35.4 Å². The van der Waals surface area contributed by atoms with Crippen LogP contribution in [0.25, 0.3) is 0 Å². The molecule has 0 aliphatic carbocycles. The van der Waals surface area contributed by atoms with Gasteiger partial charge in [0, 0.05) is 0 Å². The van der Waals surface area contributed by atoms with Crippen molar-refractivity contribution in [3.63, 3.8) is 0 Å². The second-order valence-corrected chi connectivity index (χ2v) is 9.26. The van der Waals surface area contributed by atoms with E-state index in [4.69, 9.17) is 9.84 Å². The molecular weight excluding hydrogens is 465 g/mol. The molecule has 3 aromatic rings. The molecule has 1 aliphatic heterocycles. The van der Waals surface area contributed by atoms with E-state index in [-0.39, 0.29) is 17.2 Å². The number of amides is 1. The number of carbonyl (C=O) groups excluding carboxylic acids is 1. The predicted octanol–water partition coefficient (Wildman–Crippen LogP) is 1.04. The molecule has 3 N–H and O–H groups in total. The molecule has 168 valence electrons. The SMILES string of the molecule is O=C(Cn1cc[n+]2c1COCC2)Nc1ccc(S(=O)(=O)Nc2scnc2C(=O)O)cc1F. The summed E-state index contributed by atoms with van der Waals surface area (Å²) >= 11 is 0.781. The maximum absolute atomic E-state index is 14.5. The number of aromatic nitrogens is 3. The number of hydrogen-bond acceptors (Lipinski definition) is 7. The number of carbonyl (C=O) groups is 2. The summed E-state index contributed by atoms with van der Waals surface area (Å²) in [5, 5.41) is 11.3. The third kappa shape index (κ3) is 4.46. The molecule has 1 amide bonds. The number of anilines is 2. The minimum absolute atomic E-state index is 0.0733. The Morgan fingerprint density at radius 2 is 2.19 bits per heavy atom. The molecule has 0 saturated carbocycles. The van der Waals surface area contributed by atoms with E-state index in [0.29, 0.717) is 19.8 Å². The van der Waals surface area contributed by atoms with Crippen LogP contribution in [0.4, 0.5) is 15.1 Å². The Balaban J connectivity index is 1.47. The number of fused-ring (bicyclic) bond motifs is 1. The van der Waals surface area contributed by atoms with Crippen LogP contribution >= 0.6 is 11.3 Å². The third-order valence-electron chi connectivity index (χ3n) is 4.63. The number of ether oxygens (including phenoxy) is 1. The van der Waals surface area contributed by atoms with Crippen LogP contribution in [0.3, 0.4) is 0 Å². The van der Waals surface area contributed by atoms with E-state index in [1.165, 1.54) is 5.51 Å². The highest BCUT2D eigenvalue weighted by atomic mass is 32.2. The molecule has 11 nitrogen and oxygen atoms in total. The van der Waals surface area contributed by atoms with Crippen LogP contribution in [0, 0.1) is 5.82 Å². The zero-order chi connectivity index (χ0) is 22.9. The number of carboxylic acid groups (broad SMARTS) is 1. The van der Waals surface area contributed by atoms with Gasteiger partial charge in [-0.2, -0.15) is 0 Å². The van der Waals surface area contributed by atoms with Crippen molar-refractivity contribution in [3.8, 4) is 0 Å². The van der Waals surface area contributed by atoms with Crippen LogP contribution in [0.5, 0.6) is 0 Å². The lowest BCUT2D eigenvalue weighted by molar-refractivity contribution is -0.716. The molecule has 0 radical (unpaired) electrons. The normalized spacial score (nSPS) is 13.4. The lowest BCUT2D eigenvalue weighted by Gasteiger charge is -2.11. The molecule has 1 aromatic carbocycles. The maximum atomic E-state index is 14.5. The molecule has 0 bridgehead atoms. The Bertz CT molecular complexity index is 1300. The zero-order valence-corrected chi connectivity index (χ0v) is 18.0. The molecule has 3 heterocycles. The summed E-state index contributed by atoms with van der Waals surface area (Å²) in [7, 11) is -4.27. The Hall–Kier alpha value is -3.36. The second kappa shape index (κ2) is 8.64. The molecule has 2 aromatic heterocycles. The van der Waals surface area contributed by atoms with Gasteiger partial charge in [-0.1, -0.05) is 0 Å². The molecule has 4 rings (SSSR count). The molecule has 32 heavy (non-hydrogen) atoms. The van der Waals surface area contributed by atoms with Crippen molar-refractivity contribution >= 4 is 43.9 Å². The molecule has 0 atom stereocenters. The Morgan fingerprint density at radius 1 is 1.38 bits per heavy atom. The van der Waals surface area contributed by atoms with Gasteiger partial charge in [0.05, 0.1) is 22.7 Å². The Morgan fingerprint density at radius 3 is 2.94 bits per heavy atom. The summed E-state index contributed by atoms with van der Waals surface area (Å²) in [5.41, 5.74) is 0.522. The number of thiazole rings is 1. The van der Waals surface area contributed by atoms with Crippen LogP contribution in [-0.2, 0) is 39.3 Å². The fourth-order valence-corrected chi connectivity index (χ4v) is 5.10. The topological polar surface area (TPSA) is 144 Å². The third-order valence-corrected chi connectivity index (χ3v) is 6.85. The van der Waals surface area contributed by atoms with Crippen LogP contribution in [0.15, 0.2) is 41.0 Å². The van der Waals surface area contributed by atoms with Gasteiger partial charge in [-0.05, 0) is 18.2 Å². The first-order valence-electron chi connectivity index (χ1n) is 9.19. The van der Waals surface area contributed by atoms with E-state index in [9.17, 15) is 22.4 Å². The highest BCUT2D eigenvalue weighted by Crippen LogP contribution is 2.26. The molecule has 14 heteroatoms. The van der Waals surface area contributed by atoms with Crippen molar-refractivity contribution in [2.75, 3.05) is 16.6 Å². The van der Waals surface area contributed by atoms with Gasteiger partial charge in [0.2, 0.25) is 0 Å². The first-order chi connectivity index (χ1) is 15.2. The highest BCUT2D eigenvalue weighted by molar-refractivity contribution is 7.93. The van der Waals surface area contributed by atoms with Gasteiger partial charge < -0.3 is 15.2 Å². The zero-order valence-electron chi connectivity index (χ0n) is 16.3. The van der Waals surface area contributed by atoms with Gasteiger partial charge in [-0.15, -0.1) is 11.3 Å². The van der Waals surface area contributed by atoms with Crippen LogP contribution in [-0.4, -0.2) is 41.6 Å². The van der Waals surface area contributed by atoms with Crippen molar-refractivity contribution in [2.24, 2.45) is 0 Å². The van der Waals surface area contributed by atoms with Gasteiger partial charge in [-0.25, -0.2) is 31.7 Å². The Labute approximate surface area is 185 Å². The summed E-state index contributed by atoms with van der Waals surface area (Å²) in [6.07, 6.45) is 3.56. The van der Waals surface area contributed by atoms with E-state index in [1.807, 2.05) is 10.8 Å². The minimum atomic E-state index is -4.27. The highest BCUT2D eigenvalue weighted by Gasteiger charge is 2.24. The quantitative estimate of drug-likeness (QED) is 0.427. The lowest BCUT2D eigenvalue weighted by atomic mass is 10.3. The van der Waals surface area contributed by atoms with Gasteiger partial charge in [-0.3, -0.25) is 9.52 Å². The first kappa shape index (κ1) is 21.9. The summed E-state index contributed by atoms with van der Waals surface area (Å²) in [6.45, 7) is 1.55. The van der Waals surface area contributed by atoms with Crippen molar-refractivity contribution < 1.29 is 36.8 Å². The van der Waals surface area contributed by atoms with Crippen LogP contribution < -0.4 is 14.6 Å². The number of imidazole rings is 1. The number of nitrogens with one attached hydrogen (secondary N) is 2. The van der Waals surface area contributed by atoms with Crippen molar-refractivity contribution in [2.45, 2.75) is 24.6 Å². The summed E-state index contributed by atoms with van der Waals surface area (Å²) in [4.78, 5) is 26.6. The largest absolute Gasteiger partial charge is 0.476 e. The molecular formula is C18H17FN5O6S2+. The second-order valence-electron chi connectivity index (χ2n) is 6.72. The van der Waals surface area contributed by atoms with Crippen LogP contribution in [0.2, 0.25) is 0 Å². The lowest BCUT2D eigenvalue weighted by Crippen LogP contribution is -2.43. The van der Waals surface area contributed by atoms with E-state index in [2.05, 4.69) is 15.0 Å². The van der Waals surface area contributed by atoms with E-state index in [1.54, 1.807) is 10.8 Å². The summed E-state index contributed by atoms with van der Waals surface area (Å²) in [5.74, 6) is -2.06. The summed E-state index contributed by atoms with van der Waals surface area (Å²) in [6, 6.07) is 2.96. The first-order valence-corrected chi connectivity index (χ1v) is 11.5.